The molecule has 1 N–H and O–H groups in total. The van der Waals surface area contributed by atoms with Crippen LogP contribution >= 0.6 is 11.3 Å². The minimum Gasteiger partial charge on any atom is -0.394 e. The lowest BCUT2D eigenvalue weighted by molar-refractivity contribution is -0.119. The van der Waals surface area contributed by atoms with Crippen molar-refractivity contribution < 1.29 is 9.90 Å². The van der Waals surface area contributed by atoms with Crippen molar-refractivity contribution in [2.45, 2.75) is 6.04 Å². The van der Waals surface area contributed by atoms with Gasteiger partial charge in [-0.05, 0) is 17.2 Å². The van der Waals surface area contributed by atoms with Crippen LogP contribution in [-0.2, 0) is 4.79 Å². The first-order chi connectivity index (χ1) is 10.7. The third-order valence-corrected chi connectivity index (χ3v) is 4.67. The molecule has 0 aliphatic rings. The number of carbonyl (C=O) groups is 1. The molecule has 0 saturated heterocycles. The predicted octanol–water partition coefficient (Wildman–Crippen LogP) is 3.08. The number of rotatable bonds is 5. The molecule has 112 valence electrons. The Bertz CT molecular complexity index is 783. The second kappa shape index (κ2) is 6.25. The van der Waals surface area contributed by atoms with Crippen LogP contribution < -0.4 is 0 Å². The van der Waals surface area contributed by atoms with Gasteiger partial charge in [-0.3, -0.25) is 4.79 Å². The maximum Gasteiger partial charge on any atom is 0.210 e. The number of thiazole rings is 1. The highest BCUT2D eigenvalue weighted by molar-refractivity contribution is 7.17. The molecule has 1 amide bonds. The van der Waals surface area contributed by atoms with Crippen LogP contribution in [0.25, 0.3) is 21.3 Å². The average molecular weight is 312 g/mol. The lowest BCUT2D eigenvalue weighted by Gasteiger charge is -2.23. The van der Waals surface area contributed by atoms with E-state index in [0.717, 1.165) is 28.6 Å². The predicted molar refractivity (Wildman–Crippen MR) is 88.7 cm³/mol. The molecule has 5 heteroatoms. The molecule has 0 fully saturated rings. The highest BCUT2D eigenvalue weighted by Gasteiger charge is 2.15. The number of amides is 1. The van der Waals surface area contributed by atoms with Gasteiger partial charge >= 0.3 is 0 Å². The zero-order valence-electron chi connectivity index (χ0n) is 12.1. The number of likely N-dealkylation sites (N-methyl/N-ethyl adjacent to an activating group) is 1. The second-order valence-corrected chi connectivity index (χ2v) is 5.95. The molecule has 2 aromatic carbocycles. The summed E-state index contributed by atoms with van der Waals surface area (Å²) >= 11 is 1.63. The van der Waals surface area contributed by atoms with Gasteiger partial charge in [-0.2, -0.15) is 0 Å². The monoisotopic (exact) mass is 312 g/mol. The van der Waals surface area contributed by atoms with Crippen molar-refractivity contribution in [2.24, 2.45) is 0 Å². The van der Waals surface area contributed by atoms with Crippen LogP contribution in [0, 0.1) is 0 Å². The molecule has 4 nitrogen and oxygen atoms in total. The smallest absolute Gasteiger partial charge is 0.210 e. The van der Waals surface area contributed by atoms with Gasteiger partial charge in [0.1, 0.15) is 0 Å². The Morgan fingerprint density at radius 3 is 2.73 bits per heavy atom. The number of aliphatic hydroxyl groups is 1. The molecule has 0 bridgehead atoms. The first-order valence-corrected chi connectivity index (χ1v) is 7.83. The van der Waals surface area contributed by atoms with Gasteiger partial charge in [-0.25, -0.2) is 4.98 Å². The van der Waals surface area contributed by atoms with E-state index in [2.05, 4.69) is 11.1 Å². The largest absolute Gasteiger partial charge is 0.394 e. The van der Waals surface area contributed by atoms with Crippen molar-refractivity contribution in [2.75, 3.05) is 13.7 Å². The third-order valence-electron chi connectivity index (χ3n) is 3.79. The Morgan fingerprint density at radius 1 is 1.27 bits per heavy atom. The number of aromatic nitrogens is 1. The second-order valence-electron chi connectivity index (χ2n) is 5.10. The van der Waals surface area contributed by atoms with E-state index in [1.54, 1.807) is 18.4 Å². The number of nitrogens with zero attached hydrogens (tertiary/aromatic N) is 2. The first-order valence-electron chi connectivity index (χ1n) is 6.95. The SMILES string of the molecule is CN(C=O)C(CO)c1ccc(-c2cccc3ncsc23)cc1. The van der Waals surface area contributed by atoms with E-state index in [4.69, 9.17) is 0 Å². The van der Waals surface area contributed by atoms with E-state index >= 15 is 0 Å². The Hall–Kier alpha value is -2.24. The molecule has 3 rings (SSSR count). The van der Waals surface area contributed by atoms with Crippen LogP contribution in [0.4, 0.5) is 0 Å². The van der Waals surface area contributed by atoms with Crippen LogP contribution in [0.15, 0.2) is 48.0 Å². The molecule has 0 radical (unpaired) electrons. The van der Waals surface area contributed by atoms with E-state index < -0.39 is 0 Å². The lowest BCUT2D eigenvalue weighted by atomic mass is 10.0. The molecular formula is C17H16N2O2S. The fraction of sp³-hybridized carbons (Fsp3) is 0.176. The molecule has 1 unspecified atom stereocenters. The molecule has 0 aliphatic carbocycles. The Morgan fingerprint density at radius 2 is 2.05 bits per heavy atom. The number of aliphatic hydroxyl groups excluding tert-OH is 1. The summed E-state index contributed by atoms with van der Waals surface area (Å²) < 4.78 is 1.17. The van der Waals surface area contributed by atoms with Crippen molar-refractivity contribution in [1.82, 2.24) is 9.88 Å². The summed E-state index contributed by atoms with van der Waals surface area (Å²) in [4.78, 5) is 16.7. The van der Waals surface area contributed by atoms with Crippen molar-refractivity contribution in [1.29, 1.82) is 0 Å². The van der Waals surface area contributed by atoms with Crippen LogP contribution in [0.5, 0.6) is 0 Å². The molecule has 0 saturated carbocycles. The van der Waals surface area contributed by atoms with Crippen molar-refractivity contribution in [3.8, 4) is 11.1 Å². The fourth-order valence-electron chi connectivity index (χ4n) is 2.54. The lowest BCUT2D eigenvalue weighted by Crippen LogP contribution is -2.25. The minimum atomic E-state index is -0.314. The van der Waals surface area contributed by atoms with E-state index in [1.165, 1.54) is 9.60 Å². The summed E-state index contributed by atoms with van der Waals surface area (Å²) in [5.41, 5.74) is 6.02. The highest BCUT2D eigenvalue weighted by atomic mass is 32.1. The summed E-state index contributed by atoms with van der Waals surface area (Å²) in [6.45, 7) is -0.0982. The molecule has 1 heterocycles. The molecule has 1 atom stereocenters. The van der Waals surface area contributed by atoms with Crippen molar-refractivity contribution >= 4 is 28.0 Å². The van der Waals surface area contributed by atoms with Gasteiger partial charge in [0.15, 0.2) is 0 Å². The van der Waals surface area contributed by atoms with Crippen molar-refractivity contribution in [3.63, 3.8) is 0 Å². The van der Waals surface area contributed by atoms with Gasteiger partial charge in [0, 0.05) is 12.6 Å². The van der Waals surface area contributed by atoms with Gasteiger partial charge in [0.2, 0.25) is 6.41 Å². The van der Waals surface area contributed by atoms with Gasteiger partial charge in [0.25, 0.3) is 0 Å². The van der Waals surface area contributed by atoms with Gasteiger partial charge in [0.05, 0.1) is 28.4 Å². The van der Waals surface area contributed by atoms with E-state index in [0.29, 0.717) is 0 Å². The Kier molecular flexibility index (Phi) is 4.18. The van der Waals surface area contributed by atoms with Crippen LogP contribution in [0.1, 0.15) is 11.6 Å². The number of benzene rings is 2. The van der Waals surface area contributed by atoms with Crippen LogP contribution in [0.2, 0.25) is 0 Å². The third kappa shape index (κ3) is 2.61. The number of carbonyl (C=O) groups excluding carboxylic acids is 1. The number of hydrogen-bond acceptors (Lipinski definition) is 4. The van der Waals surface area contributed by atoms with Crippen LogP contribution in [0.3, 0.4) is 0 Å². The molecule has 3 aromatic rings. The van der Waals surface area contributed by atoms with Gasteiger partial charge in [-0.15, -0.1) is 11.3 Å². The van der Waals surface area contributed by atoms with Gasteiger partial charge < -0.3 is 10.0 Å². The first kappa shape index (κ1) is 14.7. The van der Waals surface area contributed by atoms with E-state index in [9.17, 15) is 9.90 Å². The molecular weight excluding hydrogens is 296 g/mol. The Labute approximate surface area is 132 Å². The zero-order valence-corrected chi connectivity index (χ0v) is 13.0. The zero-order chi connectivity index (χ0) is 15.5. The summed E-state index contributed by atoms with van der Waals surface area (Å²) in [6.07, 6.45) is 0.729. The molecule has 22 heavy (non-hydrogen) atoms. The van der Waals surface area contributed by atoms with Crippen LogP contribution in [-0.4, -0.2) is 35.1 Å². The van der Waals surface area contributed by atoms with Gasteiger partial charge in [-0.1, -0.05) is 36.4 Å². The number of fused-ring (bicyclic) bond motifs is 1. The summed E-state index contributed by atoms with van der Waals surface area (Å²) in [5, 5.41) is 9.47. The van der Waals surface area contributed by atoms with E-state index in [1.807, 2.05) is 41.9 Å². The fourth-order valence-corrected chi connectivity index (χ4v) is 3.37. The standard InChI is InChI=1S/C17H16N2O2S/c1-19(11-21)16(9-20)13-7-5-12(6-8-13)14-3-2-4-15-17(14)22-10-18-15/h2-8,10-11,16,20H,9H2,1H3. The Balaban J connectivity index is 1.97. The maximum atomic E-state index is 10.9. The van der Waals surface area contributed by atoms with E-state index in [-0.39, 0.29) is 12.6 Å². The number of hydrogen-bond donors (Lipinski definition) is 1. The highest BCUT2D eigenvalue weighted by Crippen LogP contribution is 2.32. The topological polar surface area (TPSA) is 53.4 Å². The summed E-state index contributed by atoms with van der Waals surface area (Å²) in [5.74, 6) is 0. The molecule has 0 spiro atoms. The molecule has 1 aromatic heterocycles. The summed E-state index contributed by atoms with van der Waals surface area (Å²) in [6, 6.07) is 13.7. The quantitative estimate of drug-likeness (QED) is 0.737. The normalized spacial score (nSPS) is 12.3. The summed E-state index contributed by atoms with van der Waals surface area (Å²) in [7, 11) is 1.67. The maximum absolute atomic E-state index is 10.9. The van der Waals surface area contributed by atoms with Crippen molar-refractivity contribution in [3.05, 3.63) is 53.5 Å². The minimum absolute atomic E-state index is 0.0982. The molecule has 0 aliphatic heterocycles. The average Bonchev–Trinajstić information content (AvgIpc) is 3.04.